The molecule has 0 heterocycles. The molecule has 0 saturated heterocycles. The van der Waals surface area contributed by atoms with Crippen molar-refractivity contribution < 1.29 is 14.6 Å². The van der Waals surface area contributed by atoms with Crippen LogP contribution in [0.3, 0.4) is 0 Å². The zero-order valence-electron chi connectivity index (χ0n) is 8.43. The summed E-state index contributed by atoms with van der Waals surface area (Å²) >= 11 is 0. The maximum absolute atomic E-state index is 10.5. The smallest absolute Gasteiger partial charge is 0.293 e. The number of aliphatic hydroxyl groups is 1. The molecule has 3 nitrogen and oxygen atoms in total. The summed E-state index contributed by atoms with van der Waals surface area (Å²) in [4.78, 5) is 10.5. The van der Waals surface area contributed by atoms with Gasteiger partial charge in [0.05, 0.1) is 6.61 Å². The Morgan fingerprint density at radius 1 is 1.40 bits per heavy atom. The van der Waals surface area contributed by atoms with Crippen molar-refractivity contribution in [2.24, 2.45) is 5.41 Å². The fourth-order valence-corrected chi connectivity index (χ4v) is 1.92. The average molecular weight is 206 g/mol. The molecule has 1 aromatic rings. The lowest BCUT2D eigenvalue weighted by atomic mass is 9.93. The molecule has 0 bridgehead atoms. The van der Waals surface area contributed by atoms with Gasteiger partial charge in [0.15, 0.2) is 0 Å². The molecule has 0 spiro atoms. The summed E-state index contributed by atoms with van der Waals surface area (Å²) in [7, 11) is 0. The van der Waals surface area contributed by atoms with Crippen LogP contribution in [0.5, 0.6) is 0 Å². The van der Waals surface area contributed by atoms with Crippen LogP contribution >= 0.6 is 0 Å². The van der Waals surface area contributed by atoms with Crippen LogP contribution in [-0.2, 0) is 9.53 Å². The Kier molecular flexibility index (Phi) is 2.73. The summed E-state index contributed by atoms with van der Waals surface area (Å²) < 4.78 is 5.11. The van der Waals surface area contributed by atoms with Crippen LogP contribution in [0.1, 0.15) is 24.5 Å². The third kappa shape index (κ3) is 1.88. The number of ether oxygens (including phenoxy) is 1. The highest BCUT2D eigenvalue weighted by atomic mass is 16.5. The number of aliphatic hydroxyl groups excluding tert-OH is 1. The van der Waals surface area contributed by atoms with Gasteiger partial charge in [0.25, 0.3) is 6.47 Å². The Labute approximate surface area is 88.7 Å². The molecular formula is C12H14O3. The molecular weight excluding hydrogens is 192 g/mol. The van der Waals surface area contributed by atoms with Gasteiger partial charge >= 0.3 is 0 Å². The van der Waals surface area contributed by atoms with Gasteiger partial charge in [-0.25, -0.2) is 0 Å². The number of rotatable bonds is 5. The van der Waals surface area contributed by atoms with Gasteiger partial charge in [-0.05, 0) is 18.4 Å². The molecule has 0 radical (unpaired) electrons. The SMILES string of the molecule is O=COC(c1ccccc1)C1(CO)CC1. The predicted octanol–water partition coefficient (Wildman–Crippen LogP) is 1.67. The molecule has 1 unspecified atom stereocenters. The first kappa shape index (κ1) is 10.2. The molecule has 1 atom stereocenters. The van der Waals surface area contributed by atoms with Crippen molar-refractivity contribution in [3.63, 3.8) is 0 Å². The van der Waals surface area contributed by atoms with Crippen LogP contribution in [0.2, 0.25) is 0 Å². The summed E-state index contributed by atoms with van der Waals surface area (Å²) in [6.45, 7) is 0.536. The standard InChI is InChI=1S/C12H14O3/c13-8-12(6-7-12)11(15-9-14)10-4-2-1-3-5-10/h1-5,9,11,13H,6-8H2. The van der Waals surface area contributed by atoms with Crippen LogP contribution in [0, 0.1) is 5.41 Å². The van der Waals surface area contributed by atoms with Gasteiger partial charge in [0, 0.05) is 5.41 Å². The highest BCUT2D eigenvalue weighted by Crippen LogP contribution is 2.55. The van der Waals surface area contributed by atoms with Crippen LogP contribution < -0.4 is 0 Å². The van der Waals surface area contributed by atoms with Gasteiger partial charge in [-0.15, -0.1) is 0 Å². The molecule has 1 saturated carbocycles. The molecule has 1 fully saturated rings. The minimum Gasteiger partial charge on any atom is -0.459 e. The van der Waals surface area contributed by atoms with Crippen molar-refractivity contribution in [2.45, 2.75) is 18.9 Å². The zero-order valence-corrected chi connectivity index (χ0v) is 8.43. The van der Waals surface area contributed by atoms with Gasteiger partial charge in [0.2, 0.25) is 0 Å². The van der Waals surface area contributed by atoms with E-state index < -0.39 is 0 Å². The quantitative estimate of drug-likeness (QED) is 0.745. The van der Waals surface area contributed by atoms with E-state index in [0.29, 0.717) is 6.47 Å². The Morgan fingerprint density at radius 3 is 2.53 bits per heavy atom. The van der Waals surface area contributed by atoms with Gasteiger partial charge in [-0.2, -0.15) is 0 Å². The minimum absolute atomic E-state index is 0.0698. The fourth-order valence-electron chi connectivity index (χ4n) is 1.92. The van der Waals surface area contributed by atoms with E-state index in [-0.39, 0.29) is 18.1 Å². The molecule has 2 rings (SSSR count). The van der Waals surface area contributed by atoms with Gasteiger partial charge < -0.3 is 9.84 Å². The van der Waals surface area contributed by atoms with Crippen molar-refractivity contribution in [1.82, 2.24) is 0 Å². The highest BCUT2D eigenvalue weighted by molar-refractivity contribution is 5.39. The minimum atomic E-state index is -0.304. The van der Waals surface area contributed by atoms with E-state index in [0.717, 1.165) is 18.4 Å². The molecule has 1 aliphatic carbocycles. The van der Waals surface area contributed by atoms with Crippen LogP contribution in [0.4, 0.5) is 0 Å². The molecule has 0 amide bonds. The number of carbonyl (C=O) groups excluding carboxylic acids is 1. The Bertz CT molecular complexity index is 330. The van der Waals surface area contributed by atoms with Crippen LogP contribution in [-0.4, -0.2) is 18.2 Å². The summed E-state index contributed by atoms with van der Waals surface area (Å²) in [5.41, 5.74) is 0.721. The molecule has 3 heteroatoms. The first-order chi connectivity index (χ1) is 7.32. The van der Waals surface area contributed by atoms with Gasteiger partial charge in [0.1, 0.15) is 6.10 Å². The van der Waals surface area contributed by atoms with E-state index in [1.165, 1.54) is 0 Å². The lowest BCUT2D eigenvalue weighted by Crippen LogP contribution is -2.20. The zero-order chi connectivity index (χ0) is 10.7. The monoisotopic (exact) mass is 206 g/mol. The van der Waals surface area contributed by atoms with Crippen molar-refractivity contribution in [3.8, 4) is 0 Å². The lowest BCUT2D eigenvalue weighted by molar-refractivity contribution is -0.138. The van der Waals surface area contributed by atoms with Crippen molar-refractivity contribution in [3.05, 3.63) is 35.9 Å². The lowest BCUT2D eigenvalue weighted by Gasteiger charge is -2.23. The van der Waals surface area contributed by atoms with E-state index in [2.05, 4.69) is 0 Å². The second-order valence-corrected chi connectivity index (χ2v) is 4.04. The fraction of sp³-hybridized carbons (Fsp3) is 0.417. The molecule has 1 aromatic carbocycles. The number of benzene rings is 1. The molecule has 15 heavy (non-hydrogen) atoms. The summed E-state index contributed by atoms with van der Waals surface area (Å²) in [5, 5.41) is 9.32. The Morgan fingerprint density at radius 2 is 2.07 bits per heavy atom. The molecule has 0 aromatic heterocycles. The molecule has 0 aliphatic heterocycles. The number of hydrogen-bond acceptors (Lipinski definition) is 3. The Hall–Kier alpha value is -1.35. The second kappa shape index (κ2) is 4.03. The van der Waals surface area contributed by atoms with Crippen molar-refractivity contribution >= 4 is 6.47 Å². The first-order valence-electron chi connectivity index (χ1n) is 5.07. The summed E-state index contributed by atoms with van der Waals surface area (Å²) in [6, 6.07) is 9.57. The van der Waals surface area contributed by atoms with Gasteiger partial charge in [-0.1, -0.05) is 30.3 Å². The predicted molar refractivity (Wildman–Crippen MR) is 55.1 cm³/mol. The Balaban J connectivity index is 2.24. The summed E-state index contributed by atoms with van der Waals surface area (Å²) in [6.07, 6.45) is 1.52. The van der Waals surface area contributed by atoms with E-state index in [1.54, 1.807) is 0 Å². The van der Waals surface area contributed by atoms with E-state index in [4.69, 9.17) is 4.74 Å². The molecule has 1 aliphatic rings. The number of hydrogen-bond donors (Lipinski definition) is 1. The van der Waals surface area contributed by atoms with E-state index in [1.807, 2.05) is 30.3 Å². The molecule has 80 valence electrons. The van der Waals surface area contributed by atoms with Crippen molar-refractivity contribution in [1.29, 1.82) is 0 Å². The topological polar surface area (TPSA) is 46.5 Å². The van der Waals surface area contributed by atoms with Crippen LogP contribution in [0.15, 0.2) is 30.3 Å². The third-order valence-electron chi connectivity index (χ3n) is 3.06. The highest BCUT2D eigenvalue weighted by Gasteiger charge is 2.51. The van der Waals surface area contributed by atoms with E-state index >= 15 is 0 Å². The maximum Gasteiger partial charge on any atom is 0.293 e. The van der Waals surface area contributed by atoms with Crippen LogP contribution in [0.25, 0.3) is 0 Å². The second-order valence-electron chi connectivity index (χ2n) is 4.04. The normalized spacial score (nSPS) is 19.3. The first-order valence-corrected chi connectivity index (χ1v) is 5.07. The third-order valence-corrected chi connectivity index (χ3v) is 3.06. The summed E-state index contributed by atoms with van der Waals surface area (Å²) in [5.74, 6) is 0. The van der Waals surface area contributed by atoms with E-state index in [9.17, 15) is 9.90 Å². The largest absolute Gasteiger partial charge is 0.459 e. The number of carbonyl (C=O) groups is 1. The van der Waals surface area contributed by atoms with Gasteiger partial charge in [-0.3, -0.25) is 4.79 Å². The molecule has 1 N–H and O–H groups in total. The van der Waals surface area contributed by atoms with Crippen molar-refractivity contribution in [2.75, 3.05) is 6.61 Å². The maximum atomic E-state index is 10.5. The average Bonchev–Trinajstić information content (AvgIpc) is 3.08.